The van der Waals surface area contributed by atoms with Gasteiger partial charge in [0.2, 0.25) is 0 Å². The van der Waals surface area contributed by atoms with Gasteiger partial charge < -0.3 is 15.1 Å². The van der Waals surface area contributed by atoms with Crippen LogP contribution in [0.2, 0.25) is 0 Å². The van der Waals surface area contributed by atoms with Crippen molar-refractivity contribution in [1.82, 2.24) is 34.2 Å². The van der Waals surface area contributed by atoms with Gasteiger partial charge in [0.15, 0.2) is 11.3 Å². The molecule has 0 unspecified atom stereocenters. The summed E-state index contributed by atoms with van der Waals surface area (Å²) in [6.45, 7) is 5.52. The van der Waals surface area contributed by atoms with Crippen molar-refractivity contribution in [1.29, 1.82) is 0 Å². The number of carbonyl (C=O) groups is 2. The average molecular weight is 503 g/mol. The van der Waals surface area contributed by atoms with Crippen LogP contribution in [-0.2, 0) is 6.54 Å². The molecule has 3 aromatic heterocycles. The van der Waals surface area contributed by atoms with Crippen LogP contribution in [-0.4, -0.2) is 73.9 Å². The van der Waals surface area contributed by atoms with Crippen molar-refractivity contribution < 1.29 is 9.59 Å². The molecule has 1 atom stereocenters. The number of amides is 2. The van der Waals surface area contributed by atoms with Crippen molar-refractivity contribution in [3.05, 3.63) is 76.0 Å². The van der Waals surface area contributed by atoms with Gasteiger partial charge in [0.1, 0.15) is 11.4 Å². The monoisotopic (exact) mass is 502 g/mol. The van der Waals surface area contributed by atoms with Gasteiger partial charge in [-0.15, -0.1) is 5.10 Å². The van der Waals surface area contributed by atoms with Gasteiger partial charge in [-0.1, -0.05) is 18.2 Å². The number of fused-ring (bicyclic) bond motifs is 1. The second-order valence-corrected chi connectivity index (χ2v) is 9.34. The quantitative estimate of drug-likeness (QED) is 0.430. The van der Waals surface area contributed by atoms with Crippen LogP contribution in [0.25, 0.3) is 11.3 Å². The highest BCUT2D eigenvalue weighted by Crippen LogP contribution is 2.20. The predicted molar refractivity (Wildman–Crippen MR) is 140 cm³/mol. The van der Waals surface area contributed by atoms with Crippen LogP contribution in [0.1, 0.15) is 39.9 Å². The summed E-state index contributed by atoms with van der Waals surface area (Å²) in [4.78, 5) is 46.9. The van der Waals surface area contributed by atoms with Crippen LogP contribution in [0.3, 0.4) is 0 Å². The molecule has 0 radical (unpaired) electrons. The van der Waals surface area contributed by atoms with Gasteiger partial charge in [0, 0.05) is 39.8 Å². The van der Waals surface area contributed by atoms with Gasteiger partial charge in [0.05, 0.1) is 17.6 Å². The number of aromatic nitrogens is 5. The number of hydrogen-bond donors (Lipinski definition) is 1. The summed E-state index contributed by atoms with van der Waals surface area (Å²) in [6.07, 6.45) is 2.23. The highest BCUT2D eigenvalue weighted by Gasteiger charge is 2.29. The van der Waals surface area contributed by atoms with E-state index < -0.39 is 0 Å². The normalized spacial score (nSPS) is 15.4. The summed E-state index contributed by atoms with van der Waals surface area (Å²) in [5.74, 6) is 0.136. The first-order chi connectivity index (χ1) is 17.8. The van der Waals surface area contributed by atoms with Gasteiger partial charge in [-0.05, 0) is 44.5 Å². The first-order valence-electron chi connectivity index (χ1n) is 12.3. The zero-order chi connectivity index (χ0) is 26.3. The van der Waals surface area contributed by atoms with Crippen molar-refractivity contribution in [3.63, 3.8) is 0 Å². The van der Waals surface area contributed by atoms with Crippen LogP contribution >= 0.6 is 0 Å². The Hall–Kier alpha value is -4.41. The van der Waals surface area contributed by atoms with E-state index in [1.54, 1.807) is 30.2 Å². The highest BCUT2D eigenvalue weighted by atomic mass is 16.2. The molecule has 0 saturated carbocycles. The van der Waals surface area contributed by atoms with Crippen LogP contribution < -0.4 is 15.8 Å². The maximum absolute atomic E-state index is 13.3. The van der Waals surface area contributed by atoms with E-state index in [-0.39, 0.29) is 29.0 Å². The Kier molecular flexibility index (Phi) is 6.28. The van der Waals surface area contributed by atoms with Gasteiger partial charge in [0.25, 0.3) is 17.4 Å². The van der Waals surface area contributed by atoms with E-state index in [9.17, 15) is 14.4 Å². The summed E-state index contributed by atoms with van der Waals surface area (Å²) in [5, 5.41) is 7.70. The number of anilines is 1. The summed E-state index contributed by atoms with van der Waals surface area (Å²) in [6, 6.07) is 12.9. The molecule has 0 bridgehead atoms. The molecule has 11 nitrogen and oxygen atoms in total. The zero-order valence-electron chi connectivity index (χ0n) is 21.4. The number of para-hydroxylation sites is 1. The smallest absolute Gasteiger partial charge is 0.284 e. The molecule has 192 valence electrons. The molecule has 0 aliphatic carbocycles. The lowest BCUT2D eigenvalue weighted by molar-refractivity contribution is 0.0819. The van der Waals surface area contributed by atoms with Gasteiger partial charge in [-0.2, -0.15) is 0 Å². The summed E-state index contributed by atoms with van der Waals surface area (Å²) in [7, 11) is 3.37. The Morgan fingerprint density at radius 1 is 1.14 bits per heavy atom. The zero-order valence-corrected chi connectivity index (χ0v) is 21.4. The molecule has 0 spiro atoms. The maximum atomic E-state index is 13.3. The van der Waals surface area contributed by atoms with E-state index >= 15 is 0 Å². The number of benzene rings is 1. The number of hydrogen-bond acceptors (Lipinski definition) is 6. The molecule has 4 aromatic rings. The fourth-order valence-electron chi connectivity index (χ4n) is 4.87. The van der Waals surface area contributed by atoms with Crippen LogP contribution in [0, 0.1) is 6.92 Å². The highest BCUT2D eigenvalue weighted by molar-refractivity contribution is 5.95. The molecular weight excluding hydrogens is 472 g/mol. The lowest BCUT2D eigenvalue weighted by atomic mass is 10.2. The van der Waals surface area contributed by atoms with Gasteiger partial charge in [-0.25, -0.2) is 14.2 Å². The van der Waals surface area contributed by atoms with Crippen molar-refractivity contribution in [3.8, 4) is 5.69 Å². The van der Waals surface area contributed by atoms with E-state index in [4.69, 9.17) is 0 Å². The molecule has 2 amide bonds. The van der Waals surface area contributed by atoms with E-state index in [0.29, 0.717) is 48.9 Å². The topological polar surface area (TPSA) is 110 Å². The standard InChI is InChI=1S/C26H30N8O3/c1-5-32-17(2)23(26(37)34(32)19-9-7-6-8-10-19)24(35)28-18-13-14-31(16-18)22-12-11-21-27-15-20(33(21)29-22)25(36)30(3)4/h6-12,15,18H,5,13-14,16H2,1-4H3,(H,28,35)/t18-/m0/s1. The van der Waals surface area contributed by atoms with E-state index in [0.717, 1.165) is 5.69 Å². The Labute approximate surface area is 213 Å². The van der Waals surface area contributed by atoms with Gasteiger partial charge in [-0.3, -0.25) is 19.1 Å². The molecule has 4 heterocycles. The van der Waals surface area contributed by atoms with Crippen LogP contribution in [0.4, 0.5) is 5.82 Å². The average Bonchev–Trinajstić information content (AvgIpc) is 3.59. The van der Waals surface area contributed by atoms with Gasteiger partial charge >= 0.3 is 0 Å². The third-order valence-corrected chi connectivity index (χ3v) is 6.74. The number of carbonyl (C=O) groups excluding carboxylic acids is 2. The molecular formula is C26H30N8O3. The number of nitrogens with zero attached hydrogens (tertiary/aromatic N) is 7. The third-order valence-electron chi connectivity index (χ3n) is 6.74. The molecule has 1 N–H and O–H groups in total. The Balaban J connectivity index is 1.35. The minimum Gasteiger partial charge on any atom is -0.353 e. The largest absolute Gasteiger partial charge is 0.353 e. The first kappa shape index (κ1) is 24.3. The van der Waals surface area contributed by atoms with E-state index in [2.05, 4.69) is 20.3 Å². The lowest BCUT2D eigenvalue weighted by Gasteiger charge is -2.18. The Morgan fingerprint density at radius 2 is 1.89 bits per heavy atom. The number of rotatable bonds is 6. The second kappa shape index (κ2) is 9.57. The first-order valence-corrected chi connectivity index (χ1v) is 12.3. The Bertz CT molecular complexity index is 1530. The van der Waals surface area contributed by atoms with Crippen LogP contribution in [0.5, 0.6) is 0 Å². The lowest BCUT2D eigenvalue weighted by Crippen LogP contribution is -2.39. The fourth-order valence-corrected chi connectivity index (χ4v) is 4.87. The second-order valence-electron chi connectivity index (χ2n) is 9.34. The Morgan fingerprint density at radius 3 is 2.59 bits per heavy atom. The number of imidazole rings is 1. The summed E-state index contributed by atoms with van der Waals surface area (Å²) in [5.41, 5.74) is 2.16. The third kappa shape index (κ3) is 4.26. The molecule has 37 heavy (non-hydrogen) atoms. The van der Waals surface area contributed by atoms with E-state index in [1.807, 2.05) is 54.1 Å². The molecule has 1 saturated heterocycles. The minimum atomic E-state index is -0.372. The van der Waals surface area contributed by atoms with Crippen LogP contribution in [0.15, 0.2) is 53.5 Å². The molecule has 11 heteroatoms. The molecule has 1 aliphatic heterocycles. The minimum absolute atomic E-state index is 0.149. The van der Waals surface area contributed by atoms with Crippen molar-refractivity contribution in [2.45, 2.75) is 32.9 Å². The SMILES string of the molecule is CCn1c(C)c(C(=O)N[C@H]2CCN(c3ccc4ncc(C(=O)N(C)C)n4n3)C2)c(=O)n1-c1ccccc1. The molecule has 1 fully saturated rings. The molecule has 1 aliphatic rings. The van der Waals surface area contributed by atoms with Crippen molar-refractivity contribution >= 4 is 23.3 Å². The van der Waals surface area contributed by atoms with E-state index in [1.165, 1.54) is 11.1 Å². The number of nitrogens with one attached hydrogen (secondary N) is 1. The van der Waals surface area contributed by atoms with Crippen molar-refractivity contribution in [2.24, 2.45) is 0 Å². The fraction of sp³-hybridized carbons (Fsp3) is 0.346. The molecule has 1 aromatic carbocycles. The summed E-state index contributed by atoms with van der Waals surface area (Å²) >= 11 is 0. The maximum Gasteiger partial charge on any atom is 0.284 e. The molecule has 5 rings (SSSR count). The predicted octanol–water partition coefficient (Wildman–Crippen LogP) is 1.72. The summed E-state index contributed by atoms with van der Waals surface area (Å²) < 4.78 is 4.93. The van der Waals surface area contributed by atoms with Crippen molar-refractivity contribution in [2.75, 3.05) is 32.1 Å².